The standard InChI is InChI=1S/C24H36F4N6/c1-5-15(2)21(32-18-6-10-23(25,26)11-7-18)34-22(30-16(3)20-14-29-17(4)31-20)33-19-8-12-24(27,28)13-9-19/h14,18-19,32H,5-13H2,1-4H3,(H,29,31)(H,33,34)/b21-15+,30-16+. The quantitative estimate of drug-likeness (QED) is 0.269. The second-order valence-corrected chi connectivity index (χ2v) is 9.54. The number of aliphatic imine (C=N–C) groups is 2. The molecule has 2 saturated carbocycles. The first-order valence-electron chi connectivity index (χ1n) is 12.1. The van der Waals surface area contributed by atoms with Crippen molar-refractivity contribution in [2.24, 2.45) is 9.98 Å². The van der Waals surface area contributed by atoms with Crippen LogP contribution in [0.15, 0.2) is 27.6 Å². The van der Waals surface area contributed by atoms with Gasteiger partial charge in [-0.15, -0.1) is 0 Å². The van der Waals surface area contributed by atoms with E-state index in [0.717, 1.165) is 17.8 Å². The number of rotatable bonds is 6. The Labute approximate surface area is 198 Å². The van der Waals surface area contributed by atoms with Gasteiger partial charge in [-0.2, -0.15) is 4.99 Å². The molecule has 3 rings (SSSR count). The highest BCUT2D eigenvalue weighted by molar-refractivity contribution is 6.04. The molecular weight excluding hydrogens is 448 g/mol. The summed E-state index contributed by atoms with van der Waals surface area (Å²) in [5.41, 5.74) is 2.26. The number of nitrogens with one attached hydrogen (secondary N) is 3. The summed E-state index contributed by atoms with van der Waals surface area (Å²) in [6.07, 6.45) is 3.18. The summed E-state index contributed by atoms with van der Waals surface area (Å²) in [5.74, 6) is -3.58. The first-order chi connectivity index (χ1) is 16.0. The van der Waals surface area contributed by atoms with Gasteiger partial charge in [0.2, 0.25) is 17.8 Å². The van der Waals surface area contributed by atoms with Gasteiger partial charge >= 0.3 is 0 Å². The molecule has 2 fully saturated rings. The van der Waals surface area contributed by atoms with E-state index >= 15 is 0 Å². The lowest BCUT2D eigenvalue weighted by atomic mass is 9.92. The monoisotopic (exact) mass is 484 g/mol. The fourth-order valence-electron chi connectivity index (χ4n) is 4.18. The van der Waals surface area contributed by atoms with Crippen LogP contribution in [-0.2, 0) is 0 Å². The molecule has 2 aliphatic carbocycles. The first kappa shape index (κ1) is 26.2. The van der Waals surface area contributed by atoms with Crippen molar-refractivity contribution >= 4 is 11.7 Å². The van der Waals surface area contributed by atoms with Gasteiger partial charge in [-0.25, -0.2) is 27.5 Å². The molecule has 0 aromatic carbocycles. The van der Waals surface area contributed by atoms with Gasteiger partial charge in [0.05, 0.1) is 5.71 Å². The number of aromatic amines is 1. The van der Waals surface area contributed by atoms with E-state index in [4.69, 9.17) is 4.99 Å². The van der Waals surface area contributed by atoms with Crippen LogP contribution >= 0.6 is 0 Å². The number of H-pyrrole nitrogens is 1. The number of aromatic nitrogens is 2. The Kier molecular flexibility index (Phi) is 8.41. The largest absolute Gasteiger partial charge is 0.367 e. The Balaban J connectivity index is 1.85. The highest BCUT2D eigenvalue weighted by Gasteiger charge is 2.36. The third-order valence-corrected chi connectivity index (χ3v) is 6.61. The van der Waals surface area contributed by atoms with Crippen LogP contribution in [0, 0.1) is 6.92 Å². The van der Waals surface area contributed by atoms with Crippen LogP contribution in [0.4, 0.5) is 17.6 Å². The number of alkyl halides is 4. The Morgan fingerprint density at radius 2 is 1.50 bits per heavy atom. The molecule has 190 valence electrons. The Morgan fingerprint density at radius 3 is 1.97 bits per heavy atom. The summed E-state index contributed by atoms with van der Waals surface area (Å²) < 4.78 is 54.5. The lowest BCUT2D eigenvalue weighted by Gasteiger charge is -2.31. The van der Waals surface area contributed by atoms with Gasteiger partial charge in [0.1, 0.15) is 17.3 Å². The molecule has 1 heterocycles. The van der Waals surface area contributed by atoms with Crippen molar-refractivity contribution < 1.29 is 17.6 Å². The molecule has 0 unspecified atom stereocenters. The van der Waals surface area contributed by atoms with Crippen molar-refractivity contribution in [1.82, 2.24) is 20.6 Å². The Morgan fingerprint density at radius 1 is 0.971 bits per heavy atom. The topological polar surface area (TPSA) is 77.5 Å². The third-order valence-electron chi connectivity index (χ3n) is 6.61. The lowest BCUT2D eigenvalue weighted by molar-refractivity contribution is -0.0398. The molecule has 10 heteroatoms. The van der Waals surface area contributed by atoms with Crippen LogP contribution < -0.4 is 10.6 Å². The van der Waals surface area contributed by atoms with Gasteiger partial charge in [0.15, 0.2) is 0 Å². The molecule has 1 aromatic heterocycles. The number of aryl methyl sites for hydroxylation is 1. The van der Waals surface area contributed by atoms with E-state index in [2.05, 4.69) is 25.6 Å². The number of nitrogens with zero attached hydrogens (tertiary/aromatic N) is 3. The van der Waals surface area contributed by atoms with Gasteiger partial charge in [-0.3, -0.25) is 0 Å². The first-order valence-corrected chi connectivity index (χ1v) is 12.1. The SMILES string of the molecule is CC/C(C)=C(/N=C(\N=C(/C)c1c[nH]c(C)n1)NC1CCC(F)(F)CC1)NC1CCC(F)(F)CC1. The maximum atomic E-state index is 13.7. The van der Waals surface area contributed by atoms with E-state index in [1.54, 1.807) is 6.20 Å². The second kappa shape index (κ2) is 10.9. The Bertz CT molecular complexity index is 914. The van der Waals surface area contributed by atoms with Crippen molar-refractivity contribution in [1.29, 1.82) is 0 Å². The molecule has 0 bridgehead atoms. The molecule has 34 heavy (non-hydrogen) atoms. The van der Waals surface area contributed by atoms with Gasteiger partial charge < -0.3 is 15.6 Å². The molecule has 1 aromatic rings. The van der Waals surface area contributed by atoms with E-state index in [1.165, 1.54) is 0 Å². The minimum absolute atomic E-state index is 0.103. The van der Waals surface area contributed by atoms with E-state index in [-0.39, 0.29) is 37.8 Å². The van der Waals surface area contributed by atoms with Gasteiger partial charge in [-0.1, -0.05) is 6.92 Å². The molecule has 0 atom stereocenters. The average Bonchev–Trinajstić information content (AvgIpc) is 3.22. The van der Waals surface area contributed by atoms with E-state index < -0.39 is 11.8 Å². The normalized spacial score (nSPS) is 22.9. The summed E-state index contributed by atoms with van der Waals surface area (Å²) in [7, 11) is 0. The fraction of sp³-hybridized carbons (Fsp3) is 0.708. The number of allylic oxidation sites excluding steroid dienone is 1. The van der Waals surface area contributed by atoms with Crippen molar-refractivity contribution in [3.05, 3.63) is 29.1 Å². The summed E-state index contributed by atoms with van der Waals surface area (Å²) in [4.78, 5) is 16.8. The maximum absolute atomic E-state index is 13.7. The highest BCUT2D eigenvalue weighted by atomic mass is 19.3. The fourth-order valence-corrected chi connectivity index (χ4v) is 4.18. The van der Waals surface area contributed by atoms with Gasteiger partial charge in [0.25, 0.3) is 0 Å². The summed E-state index contributed by atoms with van der Waals surface area (Å²) >= 11 is 0. The molecule has 2 aliphatic rings. The van der Waals surface area contributed by atoms with Gasteiger partial charge in [0, 0.05) is 44.0 Å². The molecule has 3 N–H and O–H groups in total. The summed E-state index contributed by atoms with van der Waals surface area (Å²) in [6.45, 7) is 7.60. The lowest BCUT2D eigenvalue weighted by Crippen LogP contribution is -2.41. The minimum Gasteiger partial charge on any atom is -0.367 e. The van der Waals surface area contributed by atoms with E-state index in [1.807, 2.05) is 27.7 Å². The number of hydrogen-bond acceptors (Lipinski definition) is 3. The van der Waals surface area contributed by atoms with E-state index in [0.29, 0.717) is 48.9 Å². The third kappa shape index (κ3) is 7.56. The second-order valence-electron chi connectivity index (χ2n) is 9.54. The zero-order chi connectivity index (χ0) is 24.9. The van der Waals surface area contributed by atoms with Crippen LogP contribution in [0.3, 0.4) is 0 Å². The van der Waals surface area contributed by atoms with Crippen LogP contribution in [0.25, 0.3) is 0 Å². The smallest absolute Gasteiger partial charge is 0.248 e. The maximum Gasteiger partial charge on any atom is 0.248 e. The summed E-state index contributed by atoms with van der Waals surface area (Å²) in [6, 6.07) is -0.277. The van der Waals surface area contributed by atoms with Crippen LogP contribution in [0.1, 0.15) is 90.1 Å². The predicted molar refractivity (Wildman–Crippen MR) is 127 cm³/mol. The van der Waals surface area contributed by atoms with Crippen LogP contribution in [-0.4, -0.2) is 45.6 Å². The van der Waals surface area contributed by atoms with E-state index in [9.17, 15) is 17.6 Å². The molecule has 6 nitrogen and oxygen atoms in total. The molecular formula is C24H36F4N6. The average molecular weight is 485 g/mol. The van der Waals surface area contributed by atoms with Crippen molar-refractivity contribution in [2.75, 3.05) is 0 Å². The van der Waals surface area contributed by atoms with Crippen LogP contribution in [0.2, 0.25) is 0 Å². The molecule has 0 aliphatic heterocycles. The zero-order valence-corrected chi connectivity index (χ0v) is 20.4. The van der Waals surface area contributed by atoms with Crippen LogP contribution in [0.5, 0.6) is 0 Å². The molecule has 0 amide bonds. The number of imidazole rings is 1. The summed E-state index contributed by atoms with van der Waals surface area (Å²) in [5, 5.41) is 6.61. The van der Waals surface area contributed by atoms with Gasteiger partial charge in [-0.05, 0) is 58.4 Å². The predicted octanol–water partition coefficient (Wildman–Crippen LogP) is 5.86. The molecule has 0 saturated heterocycles. The number of hydrogen-bond donors (Lipinski definition) is 3. The van der Waals surface area contributed by atoms with Crippen molar-refractivity contribution in [3.8, 4) is 0 Å². The Hall–Kier alpha value is -2.39. The highest BCUT2D eigenvalue weighted by Crippen LogP contribution is 2.34. The zero-order valence-electron chi connectivity index (χ0n) is 20.4. The minimum atomic E-state index is -2.63. The number of halogens is 4. The number of guanidine groups is 1. The van der Waals surface area contributed by atoms with Crippen molar-refractivity contribution in [2.45, 2.75) is 109 Å². The van der Waals surface area contributed by atoms with Crippen molar-refractivity contribution in [3.63, 3.8) is 0 Å². The molecule has 0 radical (unpaired) electrons. The molecule has 0 spiro atoms.